The van der Waals surface area contributed by atoms with E-state index in [0.717, 1.165) is 18.7 Å². The molecule has 0 saturated carbocycles. The molecule has 0 aliphatic carbocycles. The molecule has 6 nitrogen and oxygen atoms in total. The minimum Gasteiger partial charge on any atom is -0.472 e. The van der Waals surface area contributed by atoms with E-state index in [1.54, 1.807) is 6.20 Å². The van der Waals surface area contributed by atoms with E-state index < -0.39 is 0 Å². The molecule has 6 heteroatoms. The third-order valence-corrected chi connectivity index (χ3v) is 2.97. The summed E-state index contributed by atoms with van der Waals surface area (Å²) in [5.41, 5.74) is 6.75. The van der Waals surface area contributed by atoms with Crippen LogP contribution in [-0.4, -0.2) is 47.7 Å². The second-order valence-electron chi connectivity index (χ2n) is 5.99. The Morgan fingerprint density at radius 3 is 2.67 bits per heavy atom. The van der Waals surface area contributed by atoms with Gasteiger partial charge in [-0.2, -0.15) is 0 Å². The van der Waals surface area contributed by atoms with Crippen LogP contribution in [-0.2, 0) is 11.3 Å². The lowest BCUT2D eigenvalue weighted by Crippen LogP contribution is -2.44. The van der Waals surface area contributed by atoms with Gasteiger partial charge in [-0.3, -0.25) is 0 Å². The van der Waals surface area contributed by atoms with Crippen molar-refractivity contribution in [2.45, 2.75) is 32.9 Å². The van der Waals surface area contributed by atoms with Crippen molar-refractivity contribution in [1.29, 1.82) is 0 Å². The van der Waals surface area contributed by atoms with E-state index in [1.807, 2.05) is 37.8 Å². The molecule has 1 aromatic heterocycles. The van der Waals surface area contributed by atoms with Gasteiger partial charge < -0.3 is 20.1 Å². The van der Waals surface area contributed by atoms with Crippen molar-refractivity contribution >= 4 is 5.96 Å². The number of aromatic nitrogens is 1. The van der Waals surface area contributed by atoms with Crippen molar-refractivity contribution < 1.29 is 9.47 Å². The van der Waals surface area contributed by atoms with Crippen molar-refractivity contribution in [2.75, 3.05) is 26.3 Å². The van der Waals surface area contributed by atoms with Crippen LogP contribution in [0.2, 0.25) is 0 Å². The zero-order chi connectivity index (χ0) is 15.3. The molecule has 0 radical (unpaired) electrons. The Morgan fingerprint density at radius 1 is 1.38 bits per heavy atom. The molecule has 0 bridgehead atoms. The van der Waals surface area contributed by atoms with Gasteiger partial charge in [-0.15, -0.1) is 0 Å². The number of hydrogen-bond donors (Lipinski definition) is 1. The predicted octanol–water partition coefficient (Wildman–Crippen LogP) is 1.41. The number of nitrogens with zero attached hydrogens (tertiary/aromatic N) is 3. The van der Waals surface area contributed by atoms with Gasteiger partial charge in [0.15, 0.2) is 5.96 Å². The van der Waals surface area contributed by atoms with E-state index in [2.05, 4.69) is 9.98 Å². The first-order valence-corrected chi connectivity index (χ1v) is 7.20. The van der Waals surface area contributed by atoms with Gasteiger partial charge in [0, 0.05) is 25.4 Å². The van der Waals surface area contributed by atoms with E-state index in [1.165, 1.54) is 0 Å². The number of nitrogens with two attached hydrogens (primary N) is 1. The fourth-order valence-electron chi connectivity index (χ4n) is 1.94. The van der Waals surface area contributed by atoms with Gasteiger partial charge in [0.1, 0.15) is 5.60 Å². The van der Waals surface area contributed by atoms with Crippen LogP contribution in [0.15, 0.2) is 23.3 Å². The van der Waals surface area contributed by atoms with Crippen LogP contribution < -0.4 is 10.5 Å². The van der Waals surface area contributed by atoms with Crippen LogP contribution in [0, 0.1) is 0 Å². The second kappa shape index (κ2) is 6.76. The minimum absolute atomic E-state index is 0.243. The van der Waals surface area contributed by atoms with Crippen molar-refractivity contribution in [3.63, 3.8) is 0 Å². The summed E-state index contributed by atoms with van der Waals surface area (Å²) in [5.74, 6) is 1.18. The molecule has 1 aromatic rings. The summed E-state index contributed by atoms with van der Waals surface area (Å²) >= 11 is 0. The lowest BCUT2D eigenvalue weighted by molar-refractivity contribution is 0.0674. The highest BCUT2D eigenvalue weighted by molar-refractivity contribution is 5.78. The number of ether oxygens (including phenoxy) is 2. The number of aliphatic imine (C=N–C) groups is 1. The third kappa shape index (κ3) is 5.23. The van der Waals surface area contributed by atoms with Crippen LogP contribution >= 0.6 is 0 Å². The Morgan fingerprint density at radius 2 is 2.10 bits per heavy atom. The molecule has 0 spiro atoms. The molecular weight excluding hydrogens is 268 g/mol. The van der Waals surface area contributed by atoms with E-state index in [9.17, 15) is 0 Å². The summed E-state index contributed by atoms with van der Waals surface area (Å²) in [4.78, 5) is 10.7. The van der Waals surface area contributed by atoms with Crippen LogP contribution in [0.5, 0.6) is 5.88 Å². The average Bonchev–Trinajstić information content (AvgIpc) is 2.45. The van der Waals surface area contributed by atoms with Gasteiger partial charge in [-0.1, -0.05) is 6.07 Å². The molecule has 2 heterocycles. The molecule has 1 aliphatic heterocycles. The van der Waals surface area contributed by atoms with Gasteiger partial charge in [0.05, 0.1) is 19.8 Å². The Hall–Kier alpha value is -1.82. The fraction of sp³-hybridized carbons (Fsp3) is 0.600. The quantitative estimate of drug-likeness (QED) is 0.673. The van der Waals surface area contributed by atoms with Crippen molar-refractivity contribution in [3.05, 3.63) is 23.9 Å². The van der Waals surface area contributed by atoms with E-state index in [0.29, 0.717) is 31.6 Å². The molecule has 0 unspecified atom stereocenters. The lowest BCUT2D eigenvalue weighted by atomic mass is 10.2. The standard InChI is InChI=1S/C15H24N4O2/c1-15(2,3)21-13-5-4-12(10-17-13)11-18-14(16)19-6-8-20-9-7-19/h4-5,10H,6-9,11H2,1-3H3,(H2,16,18). The number of rotatable bonds is 3. The highest BCUT2D eigenvalue weighted by Crippen LogP contribution is 2.15. The molecule has 1 saturated heterocycles. The van der Waals surface area contributed by atoms with Crippen LogP contribution in [0.4, 0.5) is 0 Å². The summed E-state index contributed by atoms with van der Waals surface area (Å²) in [7, 11) is 0. The number of hydrogen-bond acceptors (Lipinski definition) is 4. The summed E-state index contributed by atoms with van der Waals surface area (Å²) in [6.45, 7) is 9.51. The van der Waals surface area contributed by atoms with Crippen molar-refractivity contribution in [1.82, 2.24) is 9.88 Å². The molecule has 2 N–H and O–H groups in total. The molecule has 0 aromatic carbocycles. The maximum absolute atomic E-state index is 5.98. The van der Waals surface area contributed by atoms with Crippen molar-refractivity contribution in [3.8, 4) is 5.88 Å². The molecule has 2 rings (SSSR count). The van der Waals surface area contributed by atoms with Crippen molar-refractivity contribution in [2.24, 2.45) is 10.7 Å². The molecule has 116 valence electrons. The molecule has 21 heavy (non-hydrogen) atoms. The number of morpholine rings is 1. The Balaban J connectivity index is 1.90. The lowest BCUT2D eigenvalue weighted by Gasteiger charge is -2.27. The minimum atomic E-state index is -0.243. The zero-order valence-electron chi connectivity index (χ0n) is 13.0. The molecule has 1 aliphatic rings. The summed E-state index contributed by atoms with van der Waals surface area (Å²) in [6.07, 6.45) is 1.77. The summed E-state index contributed by atoms with van der Waals surface area (Å²) in [6, 6.07) is 3.82. The van der Waals surface area contributed by atoms with Crippen LogP contribution in [0.3, 0.4) is 0 Å². The van der Waals surface area contributed by atoms with Crippen LogP contribution in [0.25, 0.3) is 0 Å². The topological polar surface area (TPSA) is 73.0 Å². The molecular formula is C15H24N4O2. The maximum atomic E-state index is 5.98. The van der Waals surface area contributed by atoms with Gasteiger partial charge in [0.2, 0.25) is 5.88 Å². The highest BCUT2D eigenvalue weighted by Gasteiger charge is 2.13. The normalized spacial score (nSPS) is 16.9. The first-order chi connectivity index (χ1) is 9.94. The molecule has 0 atom stereocenters. The SMILES string of the molecule is CC(C)(C)Oc1ccc(CN=C(N)N2CCOCC2)cn1. The Bertz CT molecular complexity index is 473. The smallest absolute Gasteiger partial charge is 0.213 e. The van der Waals surface area contributed by atoms with Gasteiger partial charge in [-0.05, 0) is 26.3 Å². The highest BCUT2D eigenvalue weighted by atomic mass is 16.5. The first kappa shape index (κ1) is 15.6. The Kier molecular flexibility index (Phi) is 5.01. The monoisotopic (exact) mass is 292 g/mol. The second-order valence-corrected chi connectivity index (χ2v) is 5.99. The van der Waals surface area contributed by atoms with Gasteiger partial charge in [0.25, 0.3) is 0 Å². The number of guanidine groups is 1. The van der Waals surface area contributed by atoms with Gasteiger partial charge >= 0.3 is 0 Å². The predicted molar refractivity (Wildman–Crippen MR) is 82.3 cm³/mol. The fourth-order valence-corrected chi connectivity index (χ4v) is 1.94. The zero-order valence-corrected chi connectivity index (χ0v) is 13.0. The number of pyridine rings is 1. The summed E-state index contributed by atoms with van der Waals surface area (Å²) in [5, 5.41) is 0. The largest absolute Gasteiger partial charge is 0.472 e. The molecule has 1 fully saturated rings. The van der Waals surface area contributed by atoms with Crippen LogP contribution in [0.1, 0.15) is 26.3 Å². The first-order valence-electron chi connectivity index (χ1n) is 7.20. The maximum Gasteiger partial charge on any atom is 0.213 e. The third-order valence-electron chi connectivity index (χ3n) is 2.97. The Labute approximate surface area is 126 Å². The van der Waals surface area contributed by atoms with E-state index >= 15 is 0 Å². The summed E-state index contributed by atoms with van der Waals surface area (Å²) < 4.78 is 11.0. The molecule has 0 amide bonds. The van der Waals surface area contributed by atoms with E-state index in [4.69, 9.17) is 15.2 Å². The van der Waals surface area contributed by atoms with E-state index in [-0.39, 0.29) is 5.60 Å². The average molecular weight is 292 g/mol. The van der Waals surface area contributed by atoms with Gasteiger partial charge in [-0.25, -0.2) is 9.98 Å².